The summed E-state index contributed by atoms with van der Waals surface area (Å²) in [4.78, 5) is 27.6. The topological polar surface area (TPSA) is 58.6 Å². The Balaban J connectivity index is 2.17. The van der Waals surface area contributed by atoms with Gasteiger partial charge in [-0.3, -0.25) is 9.59 Å². The van der Waals surface area contributed by atoms with Gasteiger partial charge in [-0.1, -0.05) is 68.3 Å². The Morgan fingerprint density at radius 1 is 0.967 bits per heavy atom. The van der Waals surface area contributed by atoms with Gasteiger partial charge in [0.2, 0.25) is 5.91 Å². The molecule has 1 atom stereocenters. The van der Waals surface area contributed by atoms with Crippen molar-refractivity contribution < 1.29 is 14.3 Å². The number of rotatable bonds is 10. The maximum absolute atomic E-state index is 13.1. The van der Waals surface area contributed by atoms with Crippen molar-refractivity contribution in [3.8, 4) is 5.75 Å². The zero-order chi connectivity index (χ0) is 22.1. The molecule has 1 N–H and O–H groups in total. The average Bonchev–Trinajstić information content (AvgIpc) is 2.72. The Labute approximate surface area is 180 Å². The fourth-order valence-corrected chi connectivity index (χ4v) is 3.09. The summed E-state index contributed by atoms with van der Waals surface area (Å²) in [7, 11) is 0. The molecule has 0 aliphatic carbocycles. The highest BCUT2D eigenvalue weighted by molar-refractivity contribution is 5.88. The first-order valence-corrected chi connectivity index (χ1v) is 10.6. The fraction of sp³-hybridized carbons (Fsp3) is 0.440. The van der Waals surface area contributed by atoms with Gasteiger partial charge in [-0.05, 0) is 43.9 Å². The van der Waals surface area contributed by atoms with Crippen LogP contribution in [-0.2, 0) is 16.1 Å². The van der Waals surface area contributed by atoms with Gasteiger partial charge in [0.25, 0.3) is 5.91 Å². The number of benzene rings is 2. The van der Waals surface area contributed by atoms with E-state index in [-0.39, 0.29) is 18.4 Å². The number of nitrogens with zero attached hydrogens (tertiary/aromatic N) is 1. The van der Waals surface area contributed by atoms with Gasteiger partial charge in [0.05, 0.1) is 0 Å². The highest BCUT2D eigenvalue weighted by Crippen LogP contribution is 2.16. The molecule has 0 unspecified atom stereocenters. The SMILES string of the molecule is CC[C@@H](C(=O)NCC(C)C)N(Cc1ccc(C)cc1)C(=O)COc1ccc(C)cc1. The quantitative estimate of drug-likeness (QED) is 0.637. The van der Waals surface area contributed by atoms with Gasteiger partial charge in [0.15, 0.2) is 6.61 Å². The summed E-state index contributed by atoms with van der Waals surface area (Å²) in [6, 6.07) is 15.1. The van der Waals surface area contributed by atoms with Gasteiger partial charge in [-0.2, -0.15) is 0 Å². The van der Waals surface area contributed by atoms with E-state index < -0.39 is 6.04 Å². The molecule has 2 aromatic carbocycles. The van der Waals surface area contributed by atoms with Crippen LogP contribution in [-0.4, -0.2) is 35.9 Å². The second-order valence-electron chi connectivity index (χ2n) is 8.17. The second-order valence-corrected chi connectivity index (χ2v) is 8.17. The summed E-state index contributed by atoms with van der Waals surface area (Å²) in [5, 5.41) is 2.97. The second kappa shape index (κ2) is 11.4. The Morgan fingerprint density at radius 2 is 1.53 bits per heavy atom. The molecule has 0 saturated carbocycles. The van der Waals surface area contributed by atoms with Crippen LogP contribution in [0.2, 0.25) is 0 Å². The van der Waals surface area contributed by atoms with Crippen LogP contribution >= 0.6 is 0 Å². The van der Waals surface area contributed by atoms with Gasteiger partial charge in [-0.25, -0.2) is 0 Å². The molecule has 0 radical (unpaired) electrons. The molecule has 0 aliphatic heterocycles. The molecule has 0 aliphatic rings. The molecule has 5 nitrogen and oxygen atoms in total. The van der Waals surface area contributed by atoms with E-state index in [4.69, 9.17) is 4.74 Å². The summed E-state index contributed by atoms with van der Waals surface area (Å²) in [6.07, 6.45) is 0.534. The molecule has 0 heterocycles. The van der Waals surface area contributed by atoms with E-state index in [1.54, 1.807) is 4.90 Å². The van der Waals surface area contributed by atoms with Gasteiger partial charge >= 0.3 is 0 Å². The molecule has 2 aromatic rings. The van der Waals surface area contributed by atoms with Crippen molar-refractivity contribution in [2.75, 3.05) is 13.2 Å². The number of aryl methyl sites for hydroxylation is 2. The lowest BCUT2D eigenvalue weighted by Gasteiger charge is -2.31. The van der Waals surface area contributed by atoms with Crippen molar-refractivity contribution in [3.05, 3.63) is 65.2 Å². The minimum absolute atomic E-state index is 0.108. The van der Waals surface area contributed by atoms with E-state index in [1.165, 1.54) is 0 Å². The summed E-state index contributed by atoms with van der Waals surface area (Å²) >= 11 is 0. The third-order valence-corrected chi connectivity index (χ3v) is 4.93. The van der Waals surface area contributed by atoms with Crippen molar-refractivity contribution in [3.63, 3.8) is 0 Å². The van der Waals surface area contributed by atoms with Crippen LogP contribution < -0.4 is 10.1 Å². The van der Waals surface area contributed by atoms with Gasteiger partial charge in [0.1, 0.15) is 11.8 Å². The lowest BCUT2D eigenvalue weighted by molar-refractivity contribution is -0.143. The van der Waals surface area contributed by atoms with Crippen LogP contribution in [0, 0.1) is 19.8 Å². The first kappa shape index (κ1) is 23.5. The Morgan fingerprint density at radius 3 is 2.07 bits per heavy atom. The van der Waals surface area contributed by atoms with Crippen LogP contribution in [0.5, 0.6) is 5.75 Å². The van der Waals surface area contributed by atoms with Crippen molar-refractivity contribution in [2.45, 2.75) is 53.6 Å². The minimum Gasteiger partial charge on any atom is -0.484 e. The smallest absolute Gasteiger partial charge is 0.261 e. The maximum atomic E-state index is 13.1. The molecule has 0 aromatic heterocycles. The van der Waals surface area contributed by atoms with Crippen LogP contribution in [0.15, 0.2) is 48.5 Å². The highest BCUT2D eigenvalue weighted by Gasteiger charge is 2.29. The standard InChI is InChI=1S/C25H34N2O3/c1-6-23(25(29)26-15-18(2)3)27(16-21-11-7-19(4)8-12-21)24(28)17-30-22-13-9-20(5)10-14-22/h7-14,18,23H,6,15-17H2,1-5H3,(H,26,29)/t23-/m0/s1. The van der Waals surface area contributed by atoms with Gasteiger partial charge in [-0.15, -0.1) is 0 Å². The van der Waals surface area contributed by atoms with E-state index in [2.05, 4.69) is 5.32 Å². The Hall–Kier alpha value is -2.82. The largest absolute Gasteiger partial charge is 0.484 e. The molecule has 0 bridgehead atoms. The van der Waals surface area contributed by atoms with E-state index in [1.807, 2.05) is 83.1 Å². The highest BCUT2D eigenvalue weighted by atomic mass is 16.5. The molecule has 2 rings (SSSR count). The Kier molecular flexibility index (Phi) is 8.90. The lowest BCUT2D eigenvalue weighted by atomic mass is 10.1. The summed E-state index contributed by atoms with van der Waals surface area (Å²) in [5.74, 6) is 0.656. The van der Waals surface area contributed by atoms with Crippen molar-refractivity contribution >= 4 is 11.8 Å². The molecule has 0 saturated heterocycles. The predicted molar refractivity (Wildman–Crippen MR) is 120 cm³/mol. The van der Waals surface area contributed by atoms with Crippen molar-refractivity contribution in [2.24, 2.45) is 5.92 Å². The number of ether oxygens (including phenoxy) is 1. The molecule has 2 amide bonds. The fourth-order valence-electron chi connectivity index (χ4n) is 3.09. The maximum Gasteiger partial charge on any atom is 0.261 e. The normalized spacial score (nSPS) is 11.8. The summed E-state index contributed by atoms with van der Waals surface area (Å²) in [6.45, 7) is 10.9. The van der Waals surface area contributed by atoms with Crippen LogP contribution in [0.3, 0.4) is 0 Å². The number of hydrogen-bond acceptors (Lipinski definition) is 3. The van der Waals surface area contributed by atoms with Crippen LogP contribution in [0.1, 0.15) is 43.9 Å². The molecule has 30 heavy (non-hydrogen) atoms. The first-order chi connectivity index (χ1) is 14.3. The lowest BCUT2D eigenvalue weighted by Crippen LogP contribution is -2.50. The summed E-state index contributed by atoms with van der Waals surface area (Å²) in [5.41, 5.74) is 3.27. The molecule has 5 heteroatoms. The third kappa shape index (κ3) is 7.21. The average molecular weight is 411 g/mol. The van der Waals surface area contributed by atoms with Gasteiger partial charge in [0, 0.05) is 13.1 Å². The zero-order valence-electron chi connectivity index (χ0n) is 18.8. The van der Waals surface area contributed by atoms with Gasteiger partial charge < -0.3 is 15.0 Å². The van der Waals surface area contributed by atoms with Crippen LogP contribution in [0.25, 0.3) is 0 Å². The number of nitrogens with one attached hydrogen (secondary N) is 1. The van der Waals surface area contributed by atoms with E-state index in [0.29, 0.717) is 31.2 Å². The number of hydrogen-bond donors (Lipinski definition) is 1. The van der Waals surface area contributed by atoms with Crippen molar-refractivity contribution in [1.29, 1.82) is 0 Å². The molecule has 162 valence electrons. The number of amides is 2. The molecule has 0 fully saturated rings. The first-order valence-electron chi connectivity index (χ1n) is 10.6. The molecular weight excluding hydrogens is 376 g/mol. The van der Waals surface area contributed by atoms with Crippen molar-refractivity contribution in [1.82, 2.24) is 10.2 Å². The Bertz CT molecular complexity index is 813. The number of carbonyl (C=O) groups excluding carboxylic acids is 2. The minimum atomic E-state index is -0.542. The number of carbonyl (C=O) groups is 2. The van der Waals surface area contributed by atoms with Crippen LogP contribution in [0.4, 0.5) is 0 Å². The zero-order valence-corrected chi connectivity index (χ0v) is 18.8. The monoisotopic (exact) mass is 410 g/mol. The van der Waals surface area contributed by atoms with E-state index >= 15 is 0 Å². The predicted octanol–water partition coefficient (Wildman–Crippen LogP) is 4.26. The third-order valence-electron chi connectivity index (χ3n) is 4.93. The van der Waals surface area contributed by atoms with E-state index in [0.717, 1.165) is 16.7 Å². The summed E-state index contributed by atoms with van der Waals surface area (Å²) < 4.78 is 5.71. The molecular formula is C25H34N2O3. The van der Waals surface area contributed by atoms with E-state index in [9.17, 15) is 9.59 Å². The molecule has 0 spiro atoms.